The van der Waals surface area contributed by atoms with Gasteiger partial charge in [-0.15, -0.1) is 0 Å². The Morgan fingerprint density at radius 2 is 2.04 bits per heavy atom. The number of halogens is 3. The maximum Gasteiger partial charge on any atom is 0.451 e. The fourth-order valence-electron chi connectivity index (χ4n) is 2.03. The number of carbonyl (C=O) groups excluding carboxylic acids is 1. The van der Waals surface area contributed by atoms with Crippen LogP contribution in [0.15, 0.2) is 29.3 Å². The number of ether oxygens (including phenoxy) is 1. The number of rotatable bonds is 6. The third-order valence-electron chi connectivity index (χ3n) is 2.99. The number of fused-ring (bicyclic) bond motifs is 1. The number of aromatic nitrogens is 2. The Kier molecular flexibility index (Phi) is 6.00. The minimum atomic E-state index is -4.64. The molecule has 1 amide bonds. The smallest absolute Gasteiger partial charge is 0.383 e. The zero-order chi connectivity index (χ0) is 17.7. The molecule has 1 unspecified atom stereocenters. The standard InChI is InChI=1S/C15H16F3N3O2S/c1-9(7-23-2)19-12(22)8-24-13-10-5-3-4-6-11(10)20-14(21-13)15(16,17)18/h3-6,9H,7-8H2,1-2H3,(H,19,22). The van der Waals surface area contributed by atoms with E-state index in [1.807, 2.05) is 0 Å². The van der Waals surface area contributed by atoms with Crippen LogP contribution < -0.4 is 5.32 Å². The van der Waals surface area contributed by atoms with Crippen molar-refractivity contribution in [3.8, 4) is 0 Å². The van der Waals surface area contributed by atoms with Crippen LogP contribution in [0.25, 0.3) is 10.9 Å². The van der Waals surface area contributed by atoms with E-state index in [9.17, 15) is 18.0 Å². The Balaban J connectivity index is 2.20. The summed E-state index contributed by atoms with van der Waals surface area (Å²) in [4.78, 5) is 19.0. The first kappa shape index (κ1) is 18.5. The summed E-state index contributed by atoms with van der Waals surface area (Å²) in [6.07, 6.45) is -4.64. The van der Waals surface area contributed by atoms with Gasteiger partial charge in [-0.3, -0.25) is 4.79 Å². The number of para-hydroxylation sites is 1. The van der Waals surface area contributed by atoms with Crippen molar-refractivity contribution in [1.29, 1.82) is 0 Å². The Morgan fingerprint density at radius 3 is 2.71 bits per heavy atom. The van der Waals surface area contributed by atoms with Crippen molar-refractivity contribution in [1.82, 2.24) is 15.3 Å². The van der Waals surface area contributed by atoms with Gasteiger partial charge in [0.25, 0.3) is 0 Å². The lowest BCUT2D eigenvalue weighted by molar-refractivity contribution is -0.145. The predicted octanol–water partition coefficient (Wildman–Crippen LogP) is 2.89. The Labute approximate surface area is 141 Å². The summed E-state index contributed by atoms with van der Waals surface area (Å²) >= 11 is 0.944. The summed E-state index contributed by atoms with van der Waals surface area (Å²) in [5, 5.41) is 3.30. The highest BCUT2D eigenvalue weighted by molar-refractivity contribution is 8.00. The molecule has 1 heterocycles. The van der Waals surface area contributed by atoms with Crippen molar-refractivity contribution in [2.45, 2.75) is 24.2 Å². The molecule has 0 saturated heterocycles. The average molecular weight is 359 g/mol. The SMILES string of the molecule is COCC(C)NC(=O)CSc1nc(C(F)(F)F)nc2ccccc12. The zero-order valence-electron chi connectivity index (χ0n) is 13.1. The van der Waals surface area contributed by atoms with Gasteiger partial charge in [-0.25, -0.2) is 9.97 Å². The first-order chi connectivity index (χ1) is 11.3. The molecular formula is C15H16F3N3O2S. The second-order valence-electron chi connectivity index (χ2n) is 5.08. The molecule has 1 atom stereocenters. The highest BCUT2D eigenvalue weighted by Crippen LogP contribution is 2.31. The first-order valence-corrected chi connectivity index (χ1v) is 8.05. The normalized spacial score (nSPS) is 13.0. The van der Waals surface area contributed by atoms with E-state index in [4.69, 9.17) is 4.74 Å². The van der Waals surface area contributed by atoms with Crippen LogP contribution in [0.4, 0.5) is 13.2 Å². The van der Waals surface area contributed by atoms with E-state index in [1.165, 1.54) is 13.2 Å². The number of thioether (sulfide) groups is 1. The number of carbonyl (C=O) groups is 1. The van der Waals surface area contributed by atoms with Gasteiger partial charge in [0.2, 0.25) is 11.7 Å². The average Bonchev–Trinajstić information content (AvgIpc) is 2.51. The molecule has 0 aliphatic carbocycles. The summed E-state index contributed by atoms with van der Waals surface area (Å²) in [6, 6.07) is 6.21. The molecule has 0 radical (unpaired) electrons. The van der Waals surface area contributed by atoms with Gasteiger partial charge < -0.3 is 10.1 Å². The van der Waals surface area contributed by atoms with Crippen molar-refractivity contribution in [2.24, 2.45) is 0 Å². The molecule has 2 aromatic rings. The van der Waals surface area contributed by atoms with E-state index in [2.05, 4.69) is 15.3 Å². The summed E-state index contributed by atoms with van der Waals surface area (Å²) in [5.41, 5.74) is 0.190. The van der Waals surface area contributed by atoms with Crippen LogP contribution in [0, 0.1) is 0 Å². The molecule has 0 bridgehead atoms. The number of hydrogen-bond acceptors (Lipinski definition) is 5. The quantitative estimate of drug-likeness (QED) is 0.635. The van der Waals surface area contributed by atoms with E-state index >= 15 is 0 Å². The van der Waals surface area contributed by atoms with Crippen molar-refractivity contribution in [3.63, 3.8) is 0 Å². The van der Waals surface area contributed by atoms with Gasteiger partial charge in [0.1, 0.15) is 5.03 Å². The molecule has 1 aromatic carbocycles. The Bertz CT molecular complexity index is 725. The summed E-state index contributed by atoms with van der Waals surface area (Å²) in [7, 11) is 1.52. The van der Waals surface area contributed by atoms with Gasteiger partial charge in [-0.05, 0) is 13.0 Å². The van der Waals surface area contributed by atoms with Crippen LogP contribution in [0.5, 0.6) is 0 Å². The second-order valence-corrected chi connectivity index (χ2v) is 6.04. The van der Waals surface area contributed by atoms with Gasteiger partial charge in [-0.1, -0.05) is 30.0 Å². The van der Waals surface area contributed by atoms with Gasteiger partial charge >= 0.3 is 6.18 Å². The minimum Gasteiger partial charge on any atom is -0.383 e. The van der Waals surface area contributed by atoms with E-state index in [0.29, 0.717) is 12.0 Å². The largest absolute Gasteiger partial charge is 0.451 e. The van der Waals surface area contributed by atoms with E-state index < -0.39 is 12.0 Å². The topological polar surface area (TPSA) is 64.1 Å². The van der Waals surface area contributed by atoms with E-state index in [-0.39, 0.29) is 28.2 Å². The number of methoxy groups -OCH3 is 1. The third kappa shape index (κ3) is 4.81. The summed E-state index contributed by atoms with van der Waals surface area (Å²) in [6.45, 7) is 2.12. The molecule has 1 aromatic heterocycles. The molecule has 0 aliphatic heterocycles. The van der Waals surface area contributed by atoms with E-state index in [0.717, 1.165) is 11.8 Å². The molecule has 9 heteroatoms. The molecule has 0 spiro atoms. The van der Waals surface area contributed by atoms with Gasteiger partial charge in [-0.2, -0.15) is 13.2 Å². The molecule has 5 nitrogen and oxygen atoms in total. The summed E-state index contributed by atoms with van der Waals surface area (Å²) < 4.78 is 43.7. The van der Waals surface area contributed by atoms with Crippen molar-refractivity contribution in [3.05, 3.63) is 30.1 Å². The monoisotopic (exact) mass is 359 g/mol. The Morgan fingerprint density at radius 1 is 1.33 bits per heavy atom. The molecule has 130 valence electrons. The first-order valence-electron chi connectivity index (χ1n) is 7.06. The van der Waals surface area contributed by atoms with Crippen LogP contribution >= 0.6 is 11.8 Å². The molecule has 2 rings (SSSR count). The Hall–Kier alpha value is -1.87. The van der Waals surface area contributed by atoms with Crippen molar-refractivity contribution >= 4 is 28.6 Å². The number of benzene rings is 1. The maximum atomic E-state index is 12.9. The lowest BCUT2D eigenvalue weighted by atomic mass is 10.2. The van der Waals surface area contributed by atoms with Crippen molar-refractivity contribution < 1.29 is 22.7 Å². The molecule has 0 saturated carbocycles. The van der Waals surface area contributed by atoms with Crippen molar-refractivity contribution in [2.75, 3.05) is 19.5 Å². The molecule has 0 fully saturated rings. The number of nitrogens with zero attached hydrogens (tertiary/aromatic N) is 2. The highest BCUT2D eigenvalue weighted by Gasteiger charge is 2.35. The number of alkyl halides is 3. The molecule has 1 N–H and O–H groups in total. The lowest BCUT2D eigenvalue weighted by Crippen LogP contribution is -2.36. The number of amides is 1. The van der Waals surface area contributed by atoms with Crippen LogP contribution in [0.3, 0.4) is 0 Å². The third-order valence-corrected chi connectivity index (χ3v) is 3.98. The van der Waals surface area contributed by atoms with Crippen LogP contribution in [0.2, 0.25) is 0 Å². The van der Waals surface area contributed by atoms with Gasteiger partial charge in [0.15, 0.2) is 0 Å². The fourth-order valence-corrected chi connectivity index (χ4v) is 2.86. The molecular weight excluding hydrogens is 343 g/mol. The zero-order valence-corrected chi connectivity index (χ0v) is 13.9. The number of nitrogens with one attached hydrogen (secondary N) is 1. The second kappa shape index (κ2) is 7.80. The minimum absolute atomic E-state index is 0.0492. The fraction of sp³-hybridized carbons (Fsp3) is 0.400. The maximum absolute atomic E-state index is 12.9. The lowest BCUT2D eigenvalue weighted by Gasteiger charge is -2.13. The van der Waals surface area contributed by atoms with Crippen LogP contribution in [0.1, 0.15) is 12.7 Å². The summed E-state index contributed by atoms with van der Waals surface area (Å²) in [5.74, 6) is -1.57. The van der Waals surface area contributed by atoms with E-state index in [1.54, 1.807) is 25.1 Å². The van der Waals surface area contributed by atoms with Gasteiger partial charge in [0, 0.05) is 18.5 Å². The molecule has 24 heavy (non-hydrogen) atoms. The predicted molar refractivity (Wildman–Crippen MR) is 84.7 cm³/mol. The highest BCUT2D eigenvalue weighted by atomic mass is 32.2. The number of hydrogen-bond donors (Lipinski definition) is 1. The van der Waals surface area contributed by atoms with Crippen LogP contribution in [-0.4, -0.2) is 41.4 Å². The van der Waals surface area contributed by atoms with Crippen LogP contribution in [-0.2, 0) is 15.7 Å². The molecule has 0 aliphatic rings. The van der Waals surface area contributed by atoms with Gasteiger partial charge in [0.05, 0.1) is 17.9 Å².